The maximum Gasteiger partial charge on any atom is 0.153 e. The molecule has 4 aromatic rings. The van der Waals surface area contributed by atoms with Gasteiger partial charge in [0.2, 0.25) is 0 Å². The zero-order valence-electron chi connectivity index (χ0n) is 10.7. The summed E-state index contributed by atoms with van der Waals surface area (Å²) in [4.78, 5) is 6.49. The molecule has 0 spiro atoms. The first-order valence-electron chi connectivity index (χ1n) is 6.25. The minimum atomic E-state index is 0.532. The van der Waals surface area contributed by atoms with E-state index in [2.05, 4.69) is 15.3 Å². The standard InChI is InChI=1S/C15H8ClN3OS/c16-11-7-10(8-12-15(11)19-20-18-12)21-13-5-1-3-9-4-2-6-17-14(9)13/h1-8H. The fraction of sp³-hybridized carbons (Fsp3) is 0. The highest BCUT2D eigenvalue weighted by Gasteiger charge is 2.10. The number of para-hydroxylation sites is 1. The van der Waals surface area contributed by atoms with Gasteiger partial charge in [-0.1, -0.05) is 41.6 Å². The summed E-state index contributed by atoms with van der Waals surface area (Å²) in [6, 6.07) is 13.9. The van der Waals surface area contributed by atoms with E-state index in [0.717, 1.165) is 20.7 Å². The number of rotatable bonds is 2. The number of hydrogen-bond donors (Lipinski definition) is 0. The van der Waals surface area contributed by atoms with Gasteiger partial charge in [-0.15, -0.1) is 0 Å². The Morgan fingerprint density at radius 1 is 1.00 bits per heavy atom. The van der Waals surface area contributed by atoms with E-state index in [1.165, 1.54) is 0 Å². The Kier molecular flexibility index (Phi) is 3.02. The van der Waals surface area contributed by atoms with Crippen molar-refractivity contribution in [3.8, 4) is 0 Å². The van der Waals surface area contributed by atoms with Crippen LogP contribution >= 0.6 is 23.4 Å². The molecule has 4 nitrogen and oxygen atoms in total. The topological polar surface area (TPSA) is 51.8 Å². The van der Waals surface area contributed by atoms with Gasteiger partial charge in [0.15, 0.2) is 5.52 Å². The van der Waals surface area contributed by atoms with Crippen LogP contribution in [0.3, 0.4) is 0 Å². The van der Waals surface area contributed by atoms with E-state index >= 15 is 0 Å². The smallest absolute Gasteiger partial charge is 0.153 e. The summed E-state index contributed by atoms with van der Waals surface area (Å²) in [6.07, 6.45) is 1.80. The van der Waals surface area contributed by atoms with Gasteiger partial charge in [0.25, 0.3) is 0 Å². The first-order valence-corrected chi connectivity index (χ1v) is 7.44. The first kappa shape index (κ1) is 12.6. The van der Waals surface area contributed by atoms with Crippen molar-refractivity contribution in [2.24, 2.45) is 0 Å². The Balaban J connectivity index is 1.82. The molecule has 0 saturated carbocycles. The molecule has 102 valence electrons. The normalized spacial score (nSPS) is 11.3. The zero-order valence-corrected chi connectivity index (χ0v) is 12.2. The van der Waals surface area contributed by atoms with Crippen LogP contribution in [-0.2, 0) is 0 Å². The van der Waals surface area contributed by atoms with Gasteiger partial charge in [0, 0.05) is 21.4 Å². The molecule has 0 aliphatic rings. The highest BCUT2D eigenvalue weighted by atomic mass is 35.5. The van der Waals surface area contributed by atoms with E-state index in [1.807, 2.05) is 42.5 Å². The number of halogens is 1. The number of aromatic nitrogens is 3. The lowest BCUT2D eigenvalue weighted by molar-refractivity contribution is 0.315. The lowest BCUT2D eigenvalue weighted by Crippen LogP contribution is -1.82. The minimum absolute atomic E-state index is 0.532. The van der Waals surface area contributed by atoms with E-state index in [1.54, 1.807) is 18.0 Å². The van der Waals surface area contributed by atoms with Crippen molar-refractivity contribution in [3.05, 3.63) is 53.7 Å². The SMILES string of the molecule is Clc1cc(Sc2cccc3cccnc23)cc2nonc12. The lowest BCUT2D eigenvalue weighted by atomic mass is 10.2. The largest absolute Gasteiger partial charge is 0.255 e. The molecule has 2 aromatic heterocycles. The van der Waals surface area contributed by atoms with Crippen molar-refractivity contribution < 1.29 is 4.63 Å². The third-order valence-corrected chi connectivity index (χ3v) is 4.42. The van der Waals surface area contributed by atoms with Crippen LogP contribution in [0.15, 0.2) is 63.1 Å². The van der Waals surface area contributed by atoms with Gasteiger partial charge in [-0.2, -0.15) is 0 Å². The van der Waals surface area contributed by atoms with Crippen LogP contribution in [0.4, 0.5) is 0 Å². The van der Waals surface area contributed by atoms with Gasteiger partial charge in [-0.05, 0) is 34.6 Å². The Morgan fingerprint density at radius 3 is 2.86 bits per heavy atom. The first-order chi connectivity index (χ1) is 10.3. The van der Waals surface area contributed by atoms with E-state index in [0.29, 0.717) is 16.1 Å². The van der Waals surface area contributed by atoms with E-state index in [4.69, 9.17) is 16.2 Å². The monoisotopic (exact) mass is 313 g/mol. The van der Waals surface area contributed by atoms with Crippen molar-refractivity contribution in [2.75, 3.05) is 0 Å². The van der Waals surface area contributed by atoms with Gasteiger partial charge in [-0.3, -0.25) is 4.98 Å². The number of hydrogen-bond acceptors (Lipinski definition) is 5. The average molecular weight is 314 g/mol. The third-order valence-electron chi connectivity index (χ3n) is 3.11. The molecule has 6 heteroatoms. The van der Waals surface area contributed by atoms with Crippen molar-refractivity contribution in [3.63, 3.8) is 0 Å². The van der Waals surface area contributed by atoms with Crippen LogP contribution in [0.1, 0.15) is 0 Å². The maximum absolute atomic E-state index is 6.20. The molecule has 0 fully saturated rings. The van der Waals surface area contributed by atoms with Crippen molar-refractivity contribution in [1.82, 2.24) is 15.3 Å². The van der Waals surface area contributed by atoms with Crippen molar-refractivity contribution in [2.45, 2.75) is 9.79 Å². The van der Waals surface area contributed by atoms with Crippen molar-refractivity contribution in [1.29, 1.82) is 0 Å². The predicted molar refractivity (Wildman–Crippen MR) is 82.7 cm³/mol. The Morgan fingerprint density at radius 2 is 1.90 bits per heavy atom. The second-order valence-corrected chi connectivity index (χ2v) is 5.99. The molecule has 0 atom stereocenters. The molecule has 0 saturated heterocycles. The summed E-state index contributed by atoms with van der Waals surface area (Å²) in [5.41, 5.74) is 2.20. The molecule has 0 bridgehead atoms. The molecule has 21 heavy (non-hydrogen) atoms. The molecule has 0 aliphatic heterocycles. The summed E-state index contributed by atoms with van der Waals surface area (Å²) >= 11 is 7.79. The lowest BCUT2D eigenvalue weighted by Gasteiger charge is -2.05. The number of fused-ring (bicyclic) bond motifs is 2. The molecular weight excluding hydrogens is 306 g/mol. The number of nitrogens with zero attached hydrogens (tertiary/aromatic N) is 3. The molecule has 0 aliphatic carbocycles. The van der Waals surface area contributed by atoms with Crippen LogP contribution in [0.2, 0.25) is 5.02 Å². The molecule has 0 N–H and O–H groups in total. The molecule has 2 aromatic carbocycles. The summed E-state index contributed by atoms with van der Waals surface area (Å²) in [6.45, 7) is 0. The van der Waals surface area contributed by atoms with Gasteiger partial charge in [0.1, 0.15) is 5.52 Å². The summed E-state index contributed by atoms with van der Waals surface area (Å²) in [5.74, 6) is 0. The fourth-order valence-corrected chi connectivity index (χ4v) is 3.50. The van der Waals surface area contributed by atoms with Gasteiger partial charge in [-0.25, -0.2) is 4.63 Å². The van der Waals surface area contributed by atoms with E-state index in [-0.39, 0.29) is 0 Å². The van der Waals surface area contributed by atoms with Crippen LogP contribution in [0.25, 0.3) is 21.9 Å². The molecule has 0 amide bonds. The van der Waals surface area contributed by atoms with Crippen LogP contribution < -0.4 is 0 Å². The summed E-state index contributed by atoms with van der Waals surface area (Å²) in [7, 11) is 0. The van der Waals surface area contributed by atoms with Gasteiger partial charge < -0.3 is 0 Å². The predicted octanol–water partition coefficient (Wildman–Crippen LogP) is 4.58. The summed E-state index contributed by atoms with van der Waals surface area (Å²) < 4.78 is 4.72. The third kappa shape index (κ3) is 2.24. The molecule has 4 rings (SSSR count). The fourth-order valence-electron chi connectivity index (χ4n) is 2.17. The van der Waals surface area contributed by atoms with Gasteiger partial charge >= 0.3 is 0 Å². The van der Waals surface area contributed by atoms with Crippen LogP contribution in [0, 0.1) is 0 Å². The Labute approximate surface area is 129 Å². The number of pyridine rings is 1. The Hall–Kier alpha value is -2.11. The second kappa shape index (κ2) is 5.02. The van der Waals surface area contributed by atoms with E-state index in [9.17, 15) is 0 Å². The van der Waals surface area contributed by atoms with Crippen LogP contribution in [-0.4, -0.2) is 15.3 Å². The van der Waals surface area contributed by atoms with Crippen LogP contribution in [0.5, 0.6) is 0 Å². The molecule has 2 heterocycles. The summed E-state index contributed by atoms with van der Waals surface area (Å²) in [5, 5.41) is 9.26. The number of benzene rings is 2. The highest BCUT2D eigenvalue weighted by molar-refractivity contribution is 7.99. The quantitative estimate of drug-likeness (QED) is 0.542. The zero-order chi connectivity index (χ0) is 14.2. The van der Waals surface area contributed by atoms with Crippen molar-refractivity contribution >= 4 is 45.3 Å². The molecular formula is C15H8ClN3OS. The Bertz CT molecular complexity index is 949. The van der Waals surface area contributed by atoms with E-state index < -0.39 is 0 Å². The highest BCUT2D eigenvalue weighted by Crippen LogP contribution is 2.35. The molecule has 0 unspecified atom stereocenters. The second-order valence-electron chi connectivity index (χ2n) is 4.47. The average Bonchev–Trinajstić information content (AvgIpc) is 2.97. The maximum atomic E-state index is 6.20. The van der Waals surface area contributed by atoms with Gasteiger partial charge in [0.05, 0.1) is 10.5 Å². The molecule has 0 radical (unpaired) electrons. The minimum Gasteiger partial charge on any atom is -0.255 e.